The Morgan fingerprint density at radius 3 is 2.71 bits per heavy atom. The van der Waals surface area contributed by atoms with Gasteiger partial charge in [0.15, 0.2) is 0 Å². The molecule has 180 valence electrons. The molecule has 2 aromatic heterocycles. The van der Waals surface area contributed by atoms with Gasteiger partial charge in [0.05, 0.1) is 23.5 Å². The van der Waals surface area contributed by atoms with Crippen molar-refractivity contribution in [2.24, 2.45) is 11.7 Å². The molecule has 5 N–H and O–H groups in total. The minimum absolute atomic E-state index is 0.0748. The van der Waals surface area contributed by atoms with Gasteiger partial charge in [-0.1, -0.05) is 18.2 Å². The second-order valence-corrected chi connectivity index (χ2v) is 9.60. The number of carbonyl (C=O) groups is 1. The number of halogens is 1. The van der Waals surface area contributed by atoms with E-state index in [1.165, 1.54) is 17.4 Å². The number of aliphatic hydroxyl groups excluding tert-OH is 2. The van der Waals surface area contributed by atoms with Gasteiger partial charge in [0.25, 0.3) is 5.91 Å². The fraction of sp³-hybridized carbons (Fsp3) is 0.360. The summed E-state index contributed by atoms with van der Waals surface area (Å²) >= 11 is 1.19. The number of primary amides is 1. The SMILES string of the molecule is CC(O)Cc1ccc(-c2cc(C(N)=O)c(Nc3cccc(C(O)C4CCOCC4)n3)s2)c(F)c1. The lowest BCUT2D eigenvalue weighted by Crippen LogP contribution is -2.22. The molecule has 34 heavy (non-hydrogen) atoms. The molecule has 1 aromatic carbocycles. The third kappa shape index (κ3) is 5.61. The van der Waals surface area contributed by atoms with E-state index in [0.29, 0.717) is 52.2 Å². The summed E-state index contributed by atoms with van der Waals surface area (Å²) in [5, 5.41) is 23.9. The van der Waals surface area contributed by atoms with E-state index in [-0.39, 0.29) is 11.5 Å². The maximum absolute atomic E-state index is 14.8. The number of nitrogens with two attached hydrogens (primary N) is 1. The van der Waals surface area contributed by atoms with E-state index in [1.807, 2.05) is 0 Å². The van der Waals surface area contributed by atoms with E-state index < -0.39 is 23.9 Å². The fourth-order valence-corrected chi connectivity index (χ4v) is 5.20. The number of aliphatic hydroxyl groups is 2. The second-order valence-electron chi connectivity index (χ2n) is 8.55. The summed E-state index contributed by atoms with van der Waals surface area (Å²) in [6.45, 7) is 2.89. The third-order valence-electron chi connectivity index (χ3n) is 5.86. The molecule has 0 bridgehead atoms. The van der Waals surface area contributed by atoms with Crippen molar-refractivity contribution >= 4 is 28.1 Å². The van der Waals surface area contributed by atoms with Crippen LogP contribution in [0.25, 0.3) is 10.4 Å². The molecule has 0 aliphatic carbocycles. The molecular weight excluding hydrogens is 457 g/mol. The van der Waals surface area contributed by atoms with Crippen LogP contribution in [-0.2, 0) is 11.2 Å². The normalized spacial score (nSPS) is 16.2. The van der Waals surface area contributed by atoms with Crippen LogP contribution in [0.15, 0.2) is 42.5 Å². The first kappa shape index (κ1) is 24.3. The van der Waals surface area contributed by atoms with Gasteiger partial charge in [-0.05, 0) is 61.9 Å². The van der Waals surface area contributed by atoms with Crippen molar-refractivity contribution in [3.05, 3.63) is 65.1 Å². The van der Waals surface area contributed by atoms with Gasteiger partial charge in [0.1, 0.15) is 16.6 Å². The van der Waals surface area contributed by atoms with E-state index in [2.05, 4.69) is 10.3 Å². The number of anilines is 2. The van der Waals surface area contributed by atoms with Crippen LogP contribution in [0, 0.1) is 11.7 Å². The van der Waals surface area contributed by atoms with Gasteiger partial charge in [-0.3, -0.25) is 4.79 Å². The molecule has 2 atom stereocenters. The molecule has 0 spiro atoms. The summed E-state index contributed by atoms with van der Waals surface area (Å²) in [7, 11) is 0. The number of rotatable bonds is 8. The maximum atomic E-state index is 14.8. The minimum Gasteiger partial charge on any atom is -0.393 e. The third-order valence-corrected chi connectivity index (χ3v) is 6.94. The lowest BCUT2D eigenvalue weighted by molar-refractivity contribution is 0.00563. The van der Waals surface area contributed by atoms with Gasteiger partial charge in [-0.2, -0.15) is 0 Å². The number of amides is 1. The molecule has 3 aromatic rings. The van der Waals surface area contributed by atoms with E-state index >= 15 is 0 Å². The van der Waals surface area contributed by atoms with Crippen molar-refractivity contribution in [1.29, 1.82) is 0 Å². The Labute approximate surface area is 201 Å². The van der Waals surface area contributed by atoms with Gasteiger partial charge >= 0.3 is 0 Å². The van der Waals surface area contributed by atoms with Gasteiger partial charge < -0.3 is 26.0 Å². The lowest BCUT2D eigenvalue weighted by atomic mass is 9.92. The molecule has 1 amide bonds. The second kappa shape index (κ2) is 10.6. The first-order chi connectivity index (χ1) is 16.3. The van der Waals surface area contributed by atoms with Crippen molar-refractivity contribution in [2.75, 3.05) is 18.5 Å². The maximum Gasteiger partial charge on any atom is 0.251 e. The highest BCUT2D eigenvalue weighted by molar-refractivity contribution is 7.19. The van der Waals surface area contributed by atoms with Crippen molar-refractivity contribution in [1.82, 2.24) is 4.98 Å². The Hall–Kier alpha value is -2.85. The molecule has 1 aliphatic heterocycles. The smallest absolute Gasteiger partial charge is 0.251 e. The van der Waals surface area contributed by atoms with Crippen molar-refractivity contribution in [3.8, 4) is 10.4 Å². The molecule has 1 saturated heterocycles. The number of benzene rings is 1. The number of thiophene rings is 1. The van der Waals surface area contributed by atoms with Gasteiger partial charge in [0.2, 0.25) is 0 Å². The molecule has 1 fully saturated rings. The van der Waals surface area contributed by atoms with Gasteiger partial charge in [-0.15, -0.1) is 11.3 Å². The van der Waals surface area contributed by atoms with Crippen molar-refractivity contribution < 1.29 is 24.1 Å². The topological polar surface area (TPSA) is 118 Å². The Balaban J connectivity index is 1.59. The molecule has 9 heteroatoms. The van der Waals surface area contributed by atoms with Crippen LogP contribution in [0.5, 0.6) is 0 Å². The number of nitrogens with zero attached hydrogens (tertiary/aromatic N) is 1. The van der Waals surface area contributed by atoms with E-state index in [0.717, 1.165) is 12.8 Å². The molecule has 7 nitrogen and oxygen atoms in total. The molecule has 3 heterocycles. The fourth-order valence-electron chi connectivity index (χ4n) is 4.10. The number of pyridine rings is 1. The van der Waals surface area contributed by atoms with Gasteiger partial charge in [0, 0.05) is 23.7 Å². The monoisotopic (exact) mass is 485 g/mol. The molecular formula is C25H28FN3O4S. The Morgan fingerprint density at radius 2 is 2.03 bits per heavy atom. The molecule has 1 aliphatic rings. The average molecular weight is 486 g/mol. The first-order valence-corrected chi connectivity index (χ1v) is 12.0. The number of nitrogens with one attached hydrogen (secondary N) is 1. The average Bonchev–Trinajstić information content (AvgIpc) is 3.22. The number of hydrogen-bond donors (Lipinski definition) is 4. The first-order valence-electron chi connectivity index (χ1n) is 11.2. The van der Waals surface area contributed by atoms with E-state index in [9.17, 15) is 19.4 Å². The van der Waals surface area contributed by atoms with Crippen LogP contribution in [0.2, 0.25) is 0 Å². The summed E-state index contributed by atoms with van der Waals surface area (Å²) in [5.41, 5.74) is 7.37. The zero-order chi connectivity index (χ0) is 24.2. The zero-order valence-electron chi connectivity index (χ0n) is 18.8. The highest BCUT2D eigenvalue weighted by Crippen LogP contribution is 2.38. The van der Waals surface area contributed by atoms with Crippen LogP contribution in [-0.4, -0.2) is 40.4 Å². The predicted octanol–water partition coefficient (Wildman–Crippen LogP) is 4.18. The summed E-state index contributed by atoms with van der Waals surface area (Å²) in [6, 6.07) is 11.6. The van der Waals surface area contributed by atoms with Gasteiger partial charge in [-0.25, -0.2) is 9.37 Å². The summed E-state index contributed by atoms with van der Waals surface area (Å²) in [4.78, 5) is 17.2. The summed E-state index contributed by atoms with van der Waals surface area (Å²) in [5.74, 6) is -0.561. The largest absolute Gasteiger partial charge is 0.393 e. The van der Waals surface area contributed by atoms with Crippen LogP contribution >= 0.6 is 11.3 Å². The molecule has 0 saturated carbocycles. The standard InChI is InChI=1S/C25H28FN3O4S/c1-14(30)11-15-5-6-17(19(26)12-15)21-13-18(24(27)32)25(34-21)29-22-4-2-3-20(28-22)23(31)16-7-9-33-10-8-16/h2-6,12-14,16,23,30-31H,7-11H2,1H3,(H2,27,32)(H,28,29). The van der Waals surface area contributed by atoms with Crippen LogP contribution in [0.3, 0.4) is 0 Å². The number of ether oxygens (including phenoxy) is 1. The highest BCUT2D eigenvalue weighted by atomic mass is 32.1. The minimum atomic E-state index is -0.714. The Kier molecular flexibility index (Phi) is 7.57. The van der Waals surface area contributed by atoms with Crippen LogP contribution in [0.1, 0.15) is 47.5 Å². The highest BCUT2D eigenvalue weighted by Gasteiger charge is 2.25. The number of aromatic nitrogens is 1. The van der Waals surface area contributed by atoms with Crippen LogP contribution in [0.4, 0.5) is 15.2 Å². The molecule has 2 unspecified atom stereocenters. The summed E-state index contributed by atoms with van der Waals surface area (Å²) in [6.07, 6.45) is 0.597. The van der Waals surface area contributed by atoms with Crippen molar-refractivity contribution in [3.63, 3.8) is 0 Å². The Bertz CT molecular complexity index is 1160. The van der Waals surface area contributed by atoms with E-state index in [1.54, 1.807) is 43.3 Å². The van der Waals surface area contributed by atoms with Crippen LogP contribution < -0.4 is 11.1 Å². The summed E-state index contributed by atoms with van der Waals surface area (Å²) < 4.78 is 20.2. The molecule has 4 rings (SSSR count). The zero-order valence-corrected chi connectivity index (χ0v) is 19.6. The predicted molar refractivity (Wildman–Crippen MR) is 130 cm³/mol. The molecule has 0 radical (unpaired) electrons. The quantitative estimate of drug-likeness (QED) is 0.380. The number of hydrogen-bond acceptors (Lipinski definition) is 7. The van der Waals surface area contributed by atoms with Crippen molar-refractivity contribution in [2.45, 2.75) is 38.4 Å². The van der Waals surface area contributed by atoms with E-state index in [4.69, 9.17) is 10.5 Å². The lowest BCUT2D eigenvalue weighted by Gasteiger charge is -2.26. The number of carbonyl (C=O) groups excluding carboxylic acids is 1. The Morgan fingerprint density at radius 1 is 1.26 bits per heavy atom.